The highest BCUT2D eigenvalue weighted by molar-refractivity contribution is 6.30. The monoisotopic (exact) mass is 358 g/mol. The van der Waals surface area contributed by atoms with E-state index in [1.165, 1.54) is 18.2 Å². The van der Waals surface area contributed by atoms with E-state index < -0.39 is 18.4 Å². The number of hydrogen-bond donors (Lipinski definition) is 3. The van der Waals surface area contributed by atoms with Crippen molar-refractivity contribution in [3.63, 3.8) is 0 Å². The van der Waals surface area contributed by atoms with Gasteiger partial charge in [-0.3, -0.25) is 14.4 Å². The molecule has 0 aromatic heterocycles. The van der Waals surface area contributed by atoms with E-state index in [1.54, 1.807) is 42.5 Å². The largest absolute Gasteiger partial charge is 0.480 e. The molecule has 0 saturated carbocycles. The van der Waals surface area contributed by atoms with Crippen LogP contribution in [0.5, 0.6) is 0 Å². The molecule has 2 rings (SSSR count). The van der Waals surface area contributed by atoms with Gasteiger partial charge < -0.3 is 15.7 Å². The minimum atomic E-state index is -1.12. The molecule has 0 spiro atoms. The van der Waals surface area contributed by atoms with Gasteiger partial charge in [0.2, 0.25) is 5.91 Å². The maximum atomic E-state index is 11.9. The van der Waals surface area contributed by atoms with E-state index >= 15 is 0 Å². The summed E-state index contributed by atoms with van der Waals surface area (Å²) in [7, 11) is 0. The molecule has 0 atom stereocenters. The number of carbonyl (C=O) groups is 3. The van der Waals surface area contributed by atoms with Gasteiger partial charge in [0.15, 0.2) is 0 Å². The quantitative estimate of drug-likeness (QED) is 0.692. The van der Waals surface area contributed by atoms with Crippen LogP contribution in [0.1, 0.15) is 15.9 Å². The van der Waals surface area contributed by atoms with Crippen LogP contribution in [-0.2, 0) is 9.59 Å². The lowest BCUT2D eigenvalue weighted by molar-refractivity contribution is -0.135. The molecule has 0 heterocycles. The van der Waals surface area contributed by atoms with E-state index in [0.29, 0.717) is 16.3 Å². The van der Waals surface area contributed by atoms with Crippen molar-refractivity contribution in [2.24, 2.45) is 0 Å². The van der Waals surface area contributed by atoms with Crippen molar-refractivity contribution in [1.82, 2.24) is 5.32 Å². The predicted molar refractivity (Wildman–Crippen MR) is 95.5 cm³/mol. The minimum absolute atomic E-state index is 0.302. The lowest BCUT2D eigenvalue weighted by Crippen LogP contribution is -2.29. The first-order chi connectivity index (χ1) is 11.9. The van der Waals surface area contributed by atoms with Crippen molar-refractivity contribution in [2.75, 3.05) is 11.9 Å². The zero-order valence-corrected chi connectivity index (χ0v) is 13.8. The van der Waals surface area contributed by atoms with Crippen LogP contribution in [0.2, 0.25) is 5.02 Å². The van der Waals surface area contributed by atoms with Crippen LogP contribution in [0.15, 0.2) is 54.6 Å². The maximum absolute atomic E-state index is 11.9. The molecule has 0 saturated heterocycles. The maximum Gasteiger partial charge on any atom is 0.322 e. The minimum Gasteiger partial charge on any atom is -0.480 e. The molecule has 128 valence electrons. The Morgan fingerprint density at radius 3 is 2.24 bits per heavy atom. The van der Waals surface area contributed by atoms with E-state index in [2.05, 4.69) is 10.6 Å². The Balaban J connectivity index is 1.91. The smallest absolute Gasteiger partial charge is 0.322 e. The van der Waals surface area contributed by atoms with Crippen molar-refractivity contribution >= 4 is 41.1 Å². The highest BCUT2D eigenvalue weighted by atomic mass is 35.5. The summed E-state index contributed by atoms with van der Waals surface area (Å²) < 4.78 is 0. The van der Waals surface area contributed by atoms with Crippen LogP contribution < -0.4 is 10.6 Å². The van der Waals surface area contributed by atoms with Gasteiger partial charge in [0, 0.05) is 22.3 Å². The summed E-state index contributed by atoms with van der Waals surface area (Å²) >= 11 is 5.79. The molecule has 0 unspecified atom stereocenters. The molecule has 0 bridgehead atoms. The van der Waals surface area contributed by atoms with E-state index in [1.807, 2.05) is 0 Å². The molecule has 0 aliphatic carbocycles. The zero-order valence-electron chi connectivity index (χ0n) is 13.0. The van der Waals surface area contributed by atoms with Gasteiger partial charge in [0.25, 0.3) is 5.91 Å². The second-order valence-electron chi connectivity index (χ2n) is 5.03. The van der Waals surface area contributed by atoms with E-state index in [9.17, 15) is 14.4 Å². The summed E-state index contributed by atoms with van der Waals surface area (Å²) in [6.45, 7) is -0.452. The van der Waals surface area contributed by atoms with Gasteiger partial charge >= 0.3 is 5.97 Å². The first-order valence-corrected chi connectivity index (χ1v) is 7.66. The zero-order chi connectivity index (χ0) is 18.2. The van der Waals surface area contributed by atoms with Crippen LogP contribution >= 0.6 is 11.6 Å². The van der Waals surface area contributed by atoms with Gasteiger partial charge in [-0.15, -0.1) is 0 Å². The number of rotatable bonds is 6. The van der Waals surface area contributed by atoms with E-state index in [-0.39, 0.29) is 5.91 Å². The van der Waals surface area contributed by atoms with Crippen LogP contribution in [0.4, 0.5) is 5.69 Å². The van der Waals surface area contributed by atoms with Crippen molar-refractivity contribution in [1.29, 1.82) is 0 Å². The fraction of sp³-hybridized carbons (Fsp3) is 0.0556. The average molecular weight is 359 g/mol. The fourth-order valence-electron chi connectivity index (χ4n) is 1.89. The predicted octanol–water partition coefficient (Wildman–Crippen LogP) is 2.81. The number of amides is 2. The number of nitrogens with one attached hydrogen (secondary N) is 2. The number of carboxylic acid groups (broad SMARTS) is 1. The van der Waals surface area contributed by atoms with Gasteiger partial charge in [0.05, 0.1) is 0 Å². The molecule has 0 aliphatic heterocycles. The highest BCUT2D eigenvalue weighted by Crippen LogP contribution is 2.12. The second-order valence-corrected chi connectivity index (χ2v) is 5.46. The average Bonchev–Trinajstić information content (AvgIpc) is 2.60. The lowest BCUT2D eigenvalue weighted by atomic mass is 10.2. The number of hydrogen-bond acceptors (Lipinski definition) is 3. The Bertz CT molecular complexity index is 799. The standard InChI is InChI=1S/C18H15ClN2O4/c19-14-6-1-12(2-7-14)3-10-16(22)21-15-8-4-13(5-9-15)18(25)20-11-17(23)24/h1-10H,11H2,(H,20,25)(H,21,22)(H,23,24)/b10-3+. The Kier molecular flexibility index (Phi) is 6.31. The summed E-state index contributed by atoms with van der Waals surface area (Å²) in [4.78, 5) is 34.0. The normalized spacial score (nSPS) is 10.4. The summed E-state index contributed by atoms with van der Waals surface area (Å²) in [5.41, 5.74) is 1.65. The topological polar surface area (TPSA) is 95.5 Å². The molecule has 0 aliphatic rings. The Labute approximate surface area is 149 Å². The lowest BCUT2D eigenvalue weighted by Gasteiger charge is -2.05. The summed E-state index contributed by atoms with van der Waals surface area (Å²) in [5, 5.41) is 14.1. The van der Waals surface area contributed by atoms with Crippen LogP contribution in [0.25, 0.3) is 6.08 Å². The molecule has 3 N–H and O–H groups in total. The van der Waals surface area contributed by atoms with Gasteiger partial charge in [-0.1, -0.05) is 23.7 Å². The molecule has 6 nitrogen and oxygen atoms in total. The first kappa shape index (κ1) is 18.2. The number of carboxylic acids is 1. The van der Waals surface area contributed by atoms with Gasteiger partial charge in [-0.05, 0) is 48.0 Å². The SMILES string of the molecule is O=C(O)CNC(=O)c1ccc(NC(=O)/C=C/c2ccc(Cl)cc2)cc1. The highest BCUT2D eigenvalue weighted by Gasteiger charge is 2.07. The number of benzene rings is 2. The molecule has 0 radical (unpaired) electrons. The number of carbonyl (C=O) groups excluding carboxylic acids is 2. The molecule has 2 aromatic rings. The van der Waals surface area contributed by atoms with Crippen LogP contribution in [-0.4, -0.2) is 29.4 Å². The van der Waals surface area contributed by atoms with E-state index in [0.717, 1.165) is 5.56 Å². The Morgan fingerprint density at radius 1 is 1.00 bits per heavy atom. The molecule has 2 aromatic carbocycles. The van der Waals surface area contributed by atoms with Crippen LogP contribution in [0, 0.1) is 0 Å². The van der Waals surface area contributed by atoms with Crippen molar-refractivity contribution in [3.05, 3.63) is 70.8 Å². The number of halogens is 1. The molecule has 2 amide bonds. The van der Waals surface area contributed by atoms with Crippen molar-refractivity contribution in [3.8, 4) is 0 Å². The Morgan fingerprint density at radius 2 is 1.64 bits per heavy atom. The van der Waals surface area contributed by atoms with Crippen molar-refractivity contribution < 1.29 is 19.5 Å². The molecule has 7 heteroatoms. The third kappa shape index (κ3) is 6.12. The first-order valence-electron chi connectivity index (χ1n) is 7.29. The molecular weight excluding hydrogens is 344 g/mol. The Hall–Kier alpha value is -3.12. The molecule has 0 fully saturated rings. The third-order valence-corrected chi connectivity index (χ3v) is 3.36. The summed E-state index contributed by atoms with van der Waals surface area (Å²) in [6, 6.07) is 13.1. The van der Waals surface area contributed by atoms with Crippen LogP contribution in [0.3, 0.4) is 0 Å². The number of anilines is 1. The van der Waals surface area contributed by atoms with Gasteiger partial charge in [0.1, 0.15) is 6.54 Å². The third-order valence-electron chi connectivity index (χ3n) is 3.11. The summed E-state index contributed by atoms with van der Waals surface area (Å²) in [5.74, 6) is -1.94. The van der Waals surface area contributed by atoms with Gasteiger partial charge in [-0.2, -0.15) is 0 Å². The molecular formula is C18H15ClN2O4. The summed E-state index contributed by atoms with van der Waals surface area (Å²) in [6.07, 6.45) is 3.04. The second kappa shape index (κ2) is 8.65. The molecule has 25 heavy (non-hydrogen) atoms. The fourth-order valence-corrected chi connectivity index (χ4v) is 2.02. The number of aliphatic carboxylic acids is 1. The van der Waals surface area contributed by atoms with Gasteiger partial charge in [-0.25, -0.2) is 0 Å². The van der Waals surface area contributed by atoms with Crippen molar-refractivity contribution in [2.45, 2.75) is 0 Å². The van der Waals surface area contributed by atoms with E-state index in [4.69, 9.17) is 16.7 Å².